The number of aryl methyl sites for hydroxylation is 1. The van der Waals surface area contributed by atoms with E-state index in [9.17, 15) is 9.90 Å². The van der Waals surface area contributed by atoms with Gasteiger partial charge in [0.15, 0.2) is 0 Å². The van der Waals surface area contributed by atoms with Gasteiger partial charge in [0, 0.05) is 26.1 Å². The van der Waals surface area contributed by atoms with Crippen LogP contribution in [0.1, 0.15) is 36.8 Å². The molecule has 0 unspecified atom stereocenters. The van der Waals surface area contributed by atoms with E-state index in [4.69, 9.17) is 4.74 Å². The van der Waals surface area contributed by atoms with Gasteiger partial charge in [-0.15, -0.1) is 0 Å². The Morgan fingerprint density at radius 3 is 2.61 bits per heavy atom. The van der Waals surface area contributed by atoms with Crippen molar-refractivity contribution in [3.63, 3.8) is 0 Å². The number of carbonyl (C=O) groups excluding carboxylic acids is 1. The molecule has 1 saturated heterocycles. The summed E-state index contributed by atoms with van der Waals surface area (Å²) < 4.78 is 5.96. The van der Waals surface area contributed by atoms with Gasteiger partial charge in [-0.05, 0) is 42.9 Å². The zero-order valence-corrected chi connectivity index (χ0v) is 16.2. The van der Waals surface area contributed by atoms with Crippen LogP contribution in [-0.4, -0.2) is 42.2 Å². The normalized spacial score (nSPS) is 19.0. The number of carbonyl (C=O) groups is 1. The molecule has 1 fully saturated rings. The smallest absolute Gasteiger partial charge is 0.224 e. The van der Waals surface area contributed by atoms with E-state index in [1.165, 1.54) is 0 Å². The number of anilines is 1. The number of rotatable bonds is 6. The van der Waals surface area contributed by atoms with Crippen molar-refractivity contribution in [3.05, 3.63) is 59.7 Å². The highest BCUT2D eigenvalue weighted by Gasteiger charge is 2.33. The number of nitrogens with one attached hydrogen (secondary N) is 1. The first kappa shape index (κ1) is 19.0. The molecular formula is C23H28N2O3. The Bertz CT molecular complexity index is 814. The molecule has 5 nitrogen and oxygen atoms in total. The molecule has 2 heterocycles. The van der Waals surface area contributed by atoms with Crippen LogP contribution in [0.4, 0.5) is 5.69 Å². The fraction of sp³-hybridized carbons (Fsp3) is 0.435. The van der Waals surface area contributed by atoms with Crippen LogP contribution in [0, 0.1) is 0 Å². The van der Waals surface area contributed by atoms with Crippen molar-refractivity contribution in [2.75, 3.05) is 31.6 Å². The third-order valence-electron chi connectivity index (χ3n) is 5.87. The lowest BCUT2D eigenvalue weighted by Gasteiger charge is -2.38. The Balaban J connectivity index is 1.24. The quantitative estimate of drug-likeness (QED) is 0.755. The van der Waals surface area contributed by atoms with Gasteiger partial charge >= 0.3 is 0 Å². The van der Waals surface area contributed by atoms with Crippen molar-refractivity contribution in [1.29, 1.82) is 0 Å². The Hall–Kier alpha value is -2.37. The minimum atomic E-state index is -0.699. The Morgan fingerprint density at radius 1 is 1.04 bits per heavy atom. The maximum absolute atomic E-state index is 11.7. The zero-order chi connectivity index (χ0) is 19.4. The molecule has 5 heteroatoms. The summed E-state index contributed by atoms with van der Waals surface area (Å²) in [5.41, 5.74) is 2.31. The molecule has 0 aromatic heterocycles. The Labute approximate surface area is 166 Å². The van der Waals surface area contributed by atoms with Gasteiger partial charge in [0.2, 0.25) is 5.91 Å². The number of hydrogen-bond acceptors (Lipinski definition) is 4. The lowest BCUT2D eigenvalue weighted by atomic mass is 9.84. The number of hydrogen-bond donors (Lipinski definition) is 2. The average molecular weight is 380 g/mol. The lowest BCUT2D eigenvalue weighted by molar-refractivity contribution is -0.116. The van der Waals surface area contributed by atoms with Crippen LogP contribution in [-0.2, 0) is 16.8 Å². The van der Waals surface area contributed by atoms with Gasteiger partial charge < -0.3 is 20.1 Å². The van der Waals surface area contributed by atoms with Crippen molar-refractivity contribution in [2.24, 2.45) is 0 Å². The molecule has 0 saturated carbocycles. The number of likely N-dealkylation sites (tertiary alicyclic amines) is 1. The molecular weight excluding hydrogens is 352 g/mol. The van der Waals surface area contributed by atoms with Gasteiger partial charge in [-0.2, -0.15) is 0 Å². The average Bonchev–Trinajstić information content (AvgIpc) is 2.73. The summed E-state index contributed by atoms with van der Waals surface area (Å²) in [4.78, 5) is 14.1. The number of para-hydroxylation sites is 1. The molecule has 148 valence electrons. The monoisotopic (exact) mass is 380 g/mol. The molecule has 2 aliphatic heterocycles. The molecule has 0 spiro atoms. The molecule has 2 aliphatic rings. The van der Waals surface area contributed by atoms with Crippen molar-refractivity contribution in [3.8, 4) is 5.75 Å². The van der Waals surface area contributed by atoms with E-state index >= 15 is 0 Å². The van der Waals surface area contributed by atoms with E-state index in [0.717, 1.165) is 67.9 Å². The number of fused-ring (bicyclic) bond motifs is 1. The predicted molar refractivity (Wildman–Crippen MR) is 110 cm³/mol. The van der Waals surface area contributed by atoms with Crippen molar-refractivity contribution < 1.29 is 14.6 Å². The molecule has 0 radical (unpaired) electrons. The highest BCUT2D eigenvalue weighted by atomic mass is 16.5. The third-order valence-corrected chi connectivity index (χ3v) is 5.87. The Kier molecular flexibility index (Phi) is 5.64. The standard InChI is InChI=1S/C23H28N2O3/c26-21-11-10-18-6-4-9-20(22(18)24-21)28-17-5-14-25-15-12-23(27,13-16-25)19-7-2-1-3-8-19/h1-4,6-9,27H,5,10-17H2,(H,24,26). The molecule has 0 aliphatic carbocycles. The summed E-state index contributed by atoms with van der Waals surface area (Å²) in [7, 11) is 0. The second-order valence-electron chi connectivity index (χ2n) is 7.78. The fourth-order valence-corrected chi connectivity index (χ4v) is 4.15. The van der Waals surface area contributed by atoms with Gasteiger partial charge in [-0.25, -0.2) is 0 Å². The summed E-state index contributed by atoms with van der Waals surface area (Å²) in [5, 5.41) is 13.9. The van der Waals surface area contributed by atoms with E-state index in [1.54, 1.807) is 0 Å². The first-order valence-electron chi connectivity index (χ1n) is 10.2. The van der Waals surface area contributed by atoms with E-state index in [1.807, 2.05) is 48.5 Å². The molecule has 1 amide bonds. The number of ether oxygens (including phenoxy) is 1. The summed E-state index contributed by atoms with van der Waals surface area (Å²) in [5.74, 6) is 0.824. The SMILES string of the molecule is O=C1CCc2cccc(OCCCN3CCC(O)(c4ccccc4)CC3)c2N1. The zero-order valence-electron chi connectivity index (χ0n) is 16.2. The largest absolute Gasteiger partial charge is 0.491 e. The molecule has 28 heavy (non-hydrogen) atoms. The number of amides is 1. The van der Waals surface area contributed by atoms with Crippen LogP contribution in [0.15, 0.2) is 48.5 Å². The van der Waals surface area contributed by atoms with Crippen LogP contribution < -0.4 is 10.1 Å². The molecule has 2 aromatic rings. The maximum Gasteiger partial charge on any atom is 0.224 e. The number of piperidine rings is 1. The summed E-state index contributed by atoms with van der Waals surface area (Å²) in [6.45, 7) is 3.35. The number of nitrogens with zero attached hydrogens (tertiary/aromatic N) is 1. The highest BCUT2D eigenvalue weighted by Crippen LogP contribution is 2.33. The van der Waals surface area contributed by atoms with E-state index in [2.05, 4.69) is 10.2 Å². The second-order valence-corrected chi connectivity index (χ2v) is 7.78. The van der Waals surface area contributed by atoms with Gasteiger partial charge in [0.05, 0.1) is 17.9 Å². The van der Waals surface area contributed by atoms with Gasteiger partial charge in [0.1, 0.15) is 5.75 Å². The minimum absolute atomic E-state index is 0.0581. The summed E-state index contributed by atoms with van der Waals surface area (Å²) in [6.07, 6.45) is 3.75. The van der Waals surface area contributed by atoms with Gasteiger partial charge in [0.25, 0.3) is 0 Å². The first-order chi connectivity index (χ1) is 13.6. The molecule has 0 bridgehead atoms. The van der Waals surface area contributed by atoms with Gasteiger partial charge in [-0.1, -0.05) is 42.5 Å². The van der Waals surface area contributed by atoms with Crippen molar-refractivity contribution in [1.82, 2.24) is 4.90 Å². The van der Waals surface area contributed by atoms with Crippen LogP contribution >= 0.6 is 0 Å². The molecule has 4 rings (SSSR count). The fourth-order valence-electron chi connectivity index (χ4n) is 4.15. The lowest BCUT2D eigenvalue weighted by Crippen LogP contribution is -2.43. The Morgan fingerprint density at radius 2 is 1.82 bits per heavy atom. The van der Waals surface area contributed by atoms with E-state index in [0.29, 0.717) is 13.0 Å². The second kappa shape index (κ2) is 8.33. The maximum atomic E-state index is 11.7. The van der Waals surface area contributed by atoms with Crippen molar-refractivity contribution >= 4 is 11.6 Å². The number of aliphatic hydroxyl groups is 1. The molecule has 2 N–H and O–H groups in total. The summed E-state index contributed by atoms with van der Waals surface area (Å²) >= 11 is 0. The summed E-state index contributed by atoms with van der Waals surface area (Å²) in [6, 6.07) is 15.9. The highest BCUT2D eigenvalue weighted by molar-refractivity contribution is 5.95. The van der Waals surface area contributed by atoms with Crippen LogP contribution in [0.25, 0.3) is 0 Å². The third kappa shape index (κ3) is 4.21. The van der Waals surface area contributed by atoms with Crippen LogP contribution in [0.3, 0.4) is 0 Å². The van der Waals surface area contributed by atoms with Crippen molar-refractivity contribution in [2.45, 2.75) is 37.7 Å². The predicted octanol–water partition coefficient (Wildman–Crippen LogP) is 3.32. The topological polar surface area (TPSA) is 61.8 Å². The van der Waals surface area contributed by atoms with E-state index in [-0.39, 0.29) is 5.91 Å². The minimum Gasteiger partial charge on any atom is -0.491 e. The van der Waals surface area contributed by atoms with Crippen LogP contribution in [0.5, 0.6) is 5.75 Å². The van der Waals surface area contributed by atoms with E-state index < -0.39 is 5.60 Å². The molecule has 0 atom stereocenters. The van der Waals surface area contributed by atoms with Crippen LogP contribution in [0.2, 0.25) is 0 Å². The number of benzene rings is 2. The first-order valence-corrected chi connectivity index (χ1v) is 10.2. The molecule has 2 aromatic carbocycles. The van der Waals surface area contributed by atoms with Gasteiger partial charge in [-0.3, -0.25) is 4.79 Å².